The molecule has 0 saturated heterocycles. The average molecular weight is 414 g/mol. The first kappa shape index (κ1) is 23.8. The second-order valence-electron chi connectivity index (χ2n) is 6.62. The van der Waals surface area contributed by atoms with Gasteiger partial charge in [0.25, 0.3) is 0 Å². The molecule has 28 heavy (non-hydrogen) atoms. The molecule has 0 radical (unpaired) electrons. The molecule has 9 nitrogen and oxygen atoms in total. The van der Waals surface area contributed by atoms with Crippen LogP contribution in [0.1, 0.15) is 25.8 Å². The summed E-state index contributed by atoms with van der Waals surface area (Å²) in [6, 6.07) is 7.92. The predicted molar refractivity (Wildman–Crippen MR) is 103 cm³/mol. The number of hydrogen-bond acceptors (Lipinski definition) is 5. The average Bonchev–Trinajstić information content (AvgIpc) is 2.63. The smallest absolute Gasteiger partial charge is 0.307 e. The Kier molecular flexibility index (Phi) is 9.31. The van der Waals surface area contributed by atoms with Crippen LogP contribution in [-0.2, 0) is 25.4 Å². The van der Waals surface area contributed by atoms with Crippen molar-refractivity contribution >= 4 is 25.2 Å². The number of aliphatic hydroxyl groups excluding tert-OH is 1. The summed E-state index contributed by atoms with van der Waals surface area (Å²) in [6.45, 7) is 1.78. The third-order valence-electron chi connectivity index (χ3n) is 4.29. The highest BCUT2D eigenvalue weighted by atomic mass is 31.2. The molecule has 0 aliphatic rings. The van der Waals surface area contributed by atoms with Crippen molar-refractivity contribution in [2.75, 3.05) is 12.8 Å². The fourth-order valence-electron chi connectivity index (χ4n) is 2.60. The molecule has 0 aromatic heterocycles. The first-order chi connectivity index (χ1) is 13.1. The van der Waals surface area contributed by atoms with Crippen molar-refractivity contribution in [3.8, 4) is 0 Å². The van der Waals surface area contributed by atoms with Gasteiger partial charge in [0.05, 0.1) is 12.5 Å². The lowest BCUT2D eigenvalue weighted by Crippen LogP contribution is -2.50. The number of rotatable bonds is 11. The molecule has 5 N–H and O–H groups in total. The number of carbonyl (C=O) groups is 3. The number of aryl methyl sites for hydroxylation is 1. The number of carboxylic acids is 1. The van der Waals surface area contributed by atoms with Crippen LogP contribution < -0.4 is 10.6 Å². The lowest BCUT2D eigenvalue weighted by molar-refractivity contribution is -0.141. The van der Waals surface area contributed by atoms with Crippen LogP contribution in [0.4, 0.5) is 0 Å². The van der Waals surface area contributed by atoms with E-state index in [1.54, 1.807) is 0 Å². The summed E-state index contributed by atoms with van der Waals surface area (Å²) in [7, 11) is -4.06. The zero-order valence-electron chi connectivity index (χ0n) is 15.9. The van der Waals surface area contributed by atoms with Gasteiger partial charge in [-0.25, -0.2) is 0 Å². The molecular formula is C18H27N2O7P. The summed E-state index contributed by atoms with van der Waals surface area (Å²) in [5.74, 6) is -4.84. The van der Waals surface area contributed by atoms with E-state index in [1.807, 2.05) is 30.3 Å². The Morgan fingerprint density at radius 3 is 2.25 bits per heavy atom. The van der Waals surface area contributed by atoms with Crippen LogP contribution in [0.5, 0.6) is 0 Å². The molecule has 10 heteroatoms. The SMILES string of the molecule is CC(=O)N[C@@H](CO)C(=O)N[C@@H](C)P(=O)(O)C[C@@H](CCc1ccccc1)C(=O)O. The molecule has 0 heterocycles. The molecule has 0 bridgehead atoms. The third-order valence-corrected chi connectivity index (χ3v) is 6.59. The predicted octanol–water partition coefficient (Wildman–Crippen LogP) is 0.550. The molecule has 1 unspecified atom stereocenters. The molecule has 0 spiro atoms. The second kappa shape index (κ2) is 10.9. The van der Waals surface area contributed by atoms with Gasteiger partial charge < -0.3 is 25.7 Å². The quantitative estimate of drug-likeness (QED) is 0.331. The number of aliphatic hydroxyl groups is 1. The van der Waals surface area contributed by atoms with Gasteiger partial charge in [0.2, 0.25) is 19.2 Å². The Morgan fingerprint density at radius 1 is 1.14 bits per heavy atom. The summed E-state index contributed by atoms with van der Waals surface area (Å²) in [5, 5.41) is 23.1. The van der Waals surface area contributed by atoms with Crippen molar-refractivity contribution < 1.29 is 34.1 Å². The van der Waals surface area contributed by atoms with Gasteiger partial charge in [0.15, 0.2) is 0 Å². The molecule has 156 valence electrons. The minimum Gasteiger partial charge on any atom is -0.481 e. The number of benzene rings is 1. The van der Waals surface area contributed by atoms with E-state index in [4.69, 9.17) is 0 Å². The maximum absolute atomic E-state index is 12.6. The Hall–Kier alpha value is -2.22. The molecule has 4 atom stereocenters. The molecule has 0 aliphatic heterocycles. The van der Waals surface area contributed by atoms with Gasteiger partial charge in [0.1, 0.15) is 11.8 Å². The minimum absolute atomic E-state index is 0.176. The van der Waals surface area contributed by atoms with Gasteiger partial charge in [0, 0.05) is 13.1 Å². The number of nitrogens with one attached hydrogen (secondary N) is 2. The van der Waals surface area contributed by atoms with E-state index in [0.29, 0.717) is 6.42 Å². The largest absolute Gasteiger partial charge is 0.481 e. The minimum atomic E-state index is -4.06. The maximum Gasteiger partial charge on any atom is 0.307 e. The summed E-state index contributed by atoms with van der Waals surface area (Å²) >= 11 is 0. The van der Waals surface area contributed by atoms with Gasteiger partial charge >= 0.3 is 5.97 Å². The highest BCUT2D eigenvalue weighted by Crippen LogP contribution is 2.47. The second-order valence-corrected chi connectivity index (χ2v) is 9.27. The van der Waals surface area contributed by atoms with Gasteiger partial charge in [-0.15, -0.1) is 0 Å². The first-order valence-electron chi connectivity index (χ1n) is 8.83. The van der Waals surface area contributed by atoms with E-state index in [0.717, 1.165) is 5.56 Å². The van der Waals surface area contributed by atoms with Gasteiger partial charge in [-0.05, 0) is 25.3 Å². The Morgan fingerprint density at radius 2 is 1.75 bits per heavy atom. The number of amides is 2. The van der Waals surface area contributed by atoms with Crippen LogP contribution in [0, 0.1) is 5.92 Å². The number of aliphatic carboxylic acids is 1. The van der Waals surface area contributed by atoms with E-state index in [2.05, 4.69) is 10.6 Å². The molecule has 0 saturated carbocycles. The number of carboxylic acid groups (broad SMARTS) is 1. The van der Waals surface area contributed by atoms with Gasteiger partial charge in [-0.3, -0.25) is 18.9 Å². The van der Waals surface area contributed by atoms with Gasteiger partial charge in [-0.1, -0.05) is 30.3 Å². The van der Waals surface area contributed by atoms with Crippen molar-refractivity contribution in [2.45, 2.75) is 38.5 Å². The fourth-order valence-corrected chi connectivity index (χ4v) is 4.21. The van der Waals surface area contributed by atoms with E-state index in [-0.39, 0.29) is 6.42 Å². The van der Waals surface area contributed by atoms with Crippen LogP contribution in [0.15, 0.2) is 30.3 Å². The normalized spacial score (nSPS) is 16.3. The monoisotopic (exact) mass is 414 g/mol. The Balaban J connectivity index is 2.73. The van der Waals surface area contributed by atoms with Gasteiger partial charge in [-0.2, -0.15) is 0 Å². The Bertz CT molecular complexity index is 726. The standard InChI is InChI=1S/C18H27N2O7P/c1-12(22)19-16(10-21)17(23)20-13(2)28(26,27)11-15(18(24)25)9-8-14-6-4-3-5-7-14/h3-7,13,15-16,21H,8-11H2,1-2H3,(H,19,22)(H,20,23)(H,24,25)(H,26,27)/t13-,15-,16+/m1/s1. The van der Waals surface area contributed by atoms with E-state index < -0.39 is 55.7 Å². The summed E-state index contributed by atoms with van der Waals surface area (Å²) in [6.07, 6.45) is 0.115. The molecule has 1 aromatic carbocycles. The van der Waals surface area contributed by atoms with Crippen molar-refractivity contribution in [3.63, 3.8) is 0 Å². The van der Waals surface area contributed by atoms with E-state index in [9.17, 15) is 34.1 Å². The fraction of sp³-hybridized carbons (Fsp3) is 0.500. The van der Waals surface area contributed by atoms with Crippen molar-refractivity contribution in [1.29, 1.82) is 0 Å². The van der Waals surface area contributed by atoms with E-state index in [1.165, 1.54) is 13.8 Å². The topological polar surface area (TPSA) is 153 Å². The van der Waals surface area contributed by atoms with Crippen LogP contribution >= 0.6 is 7.37 Å². The van der Waals surface area contributed by atoms with E-state index >= 15 is 0 Å². The summed E-state index contributed by atoms with van der Waals surface area (Å²) < 4.78 is 12.6. The van der Waals surface area contributed by atoms with Crippen LogP contribution in [0.25, 0.3) is 0 Å². The molecule has 0 fully saturated rings. The summed E-state index contributed by atoms with van der Waals surface area (Å²) in [4.78, 5) is 44.9. The van der Waals surface area contributed by atoms with Crippen LogP contribution in [0.2, 0.25) is 0 Å². The molecule has 1 aromatic rings. The van der Waals surface area contributed by atoms with Crippen molar-refractivity contribution in [1.82, 2.24) is 10.6 Å². The zero-order valence-corrected chi connectivity index (χ0v) is 16.8. The number of hydrogen-bond donors (Lipinski definition) is 5. The van der Waals surface area contributed by atoms with Crippen LogP contribution in [0.3, 0.4) is 0 Å². The lowest BCUT2D eigenvalue weighted by Gasteiger charge is -2.25. The highest BCUT2D eigenvalue weighted by Gasteiger charge is 2.35. The lowest BCUT2D eigenvalue weighted by atomic mass is 10.0. The highest BCUT2D eigenvalue weighted by molar-refractivity contribution is 7.58. The summed E-state index contributed by atoms with van der Waals surface area (Å²) in [5.41, 5.74) is 0.920. The molecular weight excluding hydrogens is 387 g/mol. The molecule has 1 rings (SSSR count). The molecule has 0 aliphatic carbocycles. The van der Waals surface area contributed by atoms with Crippen molar-refractivity contribution in [2.24, 2.45) is 5.92 Å². The third kappa shape index (κ3) is 7.80. The molecule has 2 amide bonds. The Labute approximate surface area is 163 Å². The zero-order chi connectivity index (χ0) is 21.3. The van der Waals surface area contributed by atoms with Crippen molar-refractivity contribution in [3.05, 3.63) is 35.9 Å². The maximum atomic E-state index is 12.6. The van der Waals surface area contributed by atoms with Crippen LogP contribution in [-0.4, -0.2) is 57.5 Å². The first-order valence-corrected chi connectivity index (χ1v) is 10.7. The number of carbonyl (C=O) groups excluding carboxylic acids is 2.